The summed E-state index contributed by atoms with van der Waals surface area (Å²) in [6, 6.07) is 5.64. The third kappa shape index (κ3) is 5.03. The number of sulfonamides is 1. The van der Waals surface area contributed by atoms with Gasteiger partial charge in [0.05, 0.1) is 11.2 Å². The average Bonchev–Trinajstić information content (AvgIpc) is 2.30. The van der Waals surface area contributed by atoms with E-state index in [1.54, 1.807) is 0 Å². The summed E-state index contributed by atoms with van der Waals surface area (Å²) in [5, 5.41) is 4.94. The molecule has 1 aromatic rings. The third-order valence-corrected chi connectivity index (χ3v) is 3.11. The van der Waals surface area contributed by atoms with Gasteiger partial charge in [-0.15, -0.1) is 12.4 Å². The Labute approximate surface area is 112 Å². The molecule has 4 nitrogen and oxygen atoms in total. The zero-order chi connectivity index (χ0) is 12.9. The Morgan fingerprint density at radius 2 is 1.94 bits per heavy atom. The van der Waals surface area contributed by atoms with E-state index in [2.05, 4.69) is 0 Å². The molecular formula is C11H15ClFNO3S. The zero-order valence-corrected chi connectivity index (χ0v) is 11.4. The number of hydrogen-bond acceptors (Lipinski definition) is 3. The summed E-state index contributed by atoms with van der Waals surface area (Å²) in [7, 11) is -3.69. The maximum atomic E-state index is 12.2. The van der Waals surface area contributed by atoms with Crippen LogP contribution in [-0.4, -0.2) is 15.0 Å². The van der Waals surface area contributed by atoms with E-state index in [0.717, 1.165) is 0 Å². The van der Waals surface area contributed by atoms with Gasteiger partial charge in [-0.2, -0.15) is 0 Å². The van der Waals surface area contributed by atoms with Crippen LogP contribution >= 0.6 is 12.4 Å². The fourth-order valence-corrected chi connectivity index (χ4v) is 1.63. The fourth-order valence-electron chi connectivity index (χ4n) is 1.11. The van der Waals surface area contributed by atoms with Crippen molar-refractivity contribution in [2.45, 2.75) is 18.2 Å². The van der Waals surface area contributed by atoms with Crippen LogP contribution in [0.25, 0.3) is 0 Å². The van der Waals surface area contributed by atoms with E-state index in [4.69, 9.17) is 9.88 Å². The van der Waals surface area contributed by atoms with Gasteiger partial charge >= 0.3 is 0 Å². The number of rotatable bonds is 5. The van der Waals surface area contributed by atoms with Gasteiger partial charge in [-0.05, 0) is 36.3 Å². The SMILES string of the molecule is CC/C(=C\F)COc1ccc(S(N)(=O)=O)cc1.Cl. The van der Waals surface area contributed by atoms with Crippen molar-refractivity contribution in [2.75, 3.05) is 6.61 Å². The highest BCUT2D eigenvalue weighted by Crippen LogP contribution is 2.16. The van der Waals surface area contributed by atoms with Crippen LogP contribution in [-0.2, 0) is 10.0 Å². The first-order chi connectivity index (χ1) is 7.97. The number of ether oxygens (including phenoxy) is 1. The van der Waals surface area contributed by atoms with Crippen molar-refractivity contribution in [1.82, 2.24) is 0 Å². The predicted molar refractivity (Wildman–Crippen MR) is 70.0 cm³/mol. The molecule has 0 heterocycles. The van der Waals surface area contributed by atoms with Crippen molar-refractivity contribution in [2.24, 2.45) is 5.14 Å². The largest absolute Gasteiger partial charge is 0.489 e. The molecule has 0 aliphatic heterocycles. The molecule has 0 radical (unpaired) electrons. The highest BCUT2D eigenvalue weighted by atomic mass is 35.5. The van der Waals surface area contributed by atoms with Crippen molar-refractivity contribution in [3.63, 3.8) is 0 Å². The summed E-state index contributed by atoms with van der Waals surface area (Å²) >= 11 is 0. The first-order valence-electron chi connectivity index (χ1n) is 5.01. The summed E-state index contributed by atoms with van der Waals surface area (Å²) in [6.07, 6.45) is 1.07. The van der Waals surface area contributed by atoms with E-state index in [9.17, 15) is 12.8 Å². The van der Waals surface area contributed by atoms with E-state index in [1.807, 2.05) is 6.92 Å². The number of halogens is 2. The van der Waals surface area contributed by atoms with Crippen LogP contribution < -0.4 is 9.88 Å². The molecule has 1 rings (SSSR count). The van der Waals surface area contributed by atoms with E-state index in [0.29, 0.717) is 24.1 Å². The van der Waals surface area contributed by atoms with Crippen LogP contribution in [0.15, 0.2) is 41.1 Å². The summed E-state index contributed by atoms with van der Waals surface area (Å²) < 4.78 is 39.5. The topological polar surface area (TPSA) is 69.4 Å². The second-order valence-electron chi connectivity index (χ2n) is 3.43. The molecule has 0 amide bonds. The Kier molecular flexibility index (Phi) is 6.90. The fraction of sp³-hybridized carbons (Fsp3) is 0.273. The molecule has 0 spiro atoms. The second-order valence-corrected chi connectivity index (χ2v) is 4.99. The maximum absolute atomic E-state index is 12.2. The number of hydrogen-bond donors (Lipinski definition) is 1. The van der Waals surface area contributed by atoms with Crippen molar-refractivity contribution in [3.8, 4) is 5.75 Å². The van der Waals surface area contributed by atoms with Crippen LogP contribution in [0.4, 0.5) is 4.39 Å². The minimum Gasteiger partial charge on any atom is -0.489 e. The summed E-state index contributed by atoms with van der Waals surface area (Å²) in [5.74, 6) is 0.463. The van der Waals surface area contributed by atoms with Crippen LogP contribution in [0.5, 0.6) is 5.75 Å². The lowest BCUT2D eigenvalue weighted by Gasteiger charge is -2.07. The van der Waals surface area contributed by atoms with Crippen molar-refractivity contribution >= 4 is 22.4 Å². The first-order valence-corrected chi connectivity index (χ1v) is 6.55. The molecule has 7 heteroatoms. The lowest BCUT2D eigenvalue weighted by atomic mass is 10.2. The minimum atomic E-state index is -3.69. The van der Waals surface area contributed by atoms with Gasteiger partial charge in [0.2, 0.25) is 10.0 Å². The lowest BCUT2D eigenvalue weighted by molar-refractivity contribution is 0.345. The van der Waals surface area contributed by atoms with E-state index in [1.165, 1.54) is 24.3 Å². The first kappa shape index (κ1) is 16.9. The van der Waals surface area contributed by atoms with E-state index in [-0.39, 0.29) is 23.9 Å². The van der Waals surface area contributed by atoms with Crippen molar-refractivity contribution < 1.29 is 17.5 Å². The molecule has 0 aliphatic rings. The summed E-state index contributed by atoms with van der Waals surface area (Å²) in [6.45, 7) is 1.96. The van der Waals surface area contributed by atoms with Gasteiger partial charge in [-0.25, -0.2) is 17.9 Å². The van der Waals surface area contributed by atoms with Gasteiger partial charge in [0.25, 0.3) is 0 Å². The van der Waals surface area contributed by atoms with Crippen LogP contribution in [0.2, 0.25) is 0 Å². The lowest BCUT2D eigenvalue weighted by Crippen LogP contribution is -2.11. The standard InChI is InChI=1S/C11H14FNO3S.ClH/c1-2-9(7-12)8-16-10-3-5-11(6-4-10)17(13,14)15;/h3-7H,2,8H2,1H3,(H2,13,14,15);1H/b9-7+;. The third-order valence-electron chi connectivity index (χ3n) is 2.18. The Bertz CT molecular complexity index is 500. The maximum Gasteiger partial charge on any atom is 0.238 e. The molecule has 0 atom stereocenters. The molecule has 2 N–H and O–H groups in total. The molecule has 1 aromatic carbocycles. The van der Waals surface area contributed by atoms with Gasteiger partial charge in [-0.1, -0.05) is 6.92 Å². The van der Waals surface area contributed by atoms with Gasteiger partial charge in [0.15, 0.2) is 0 Å². The van der Waals surface area contributed by atoms with E-state index < -0.39 is 10.0 Å². The molecule has 102 valence electrons. The van der Waals surface area contributed by atoms with Crippen molar-refractivity contribution in [1.29, 1.82) is 0 Å². The predicted octanol–water partition coefficient (Wildman–Crippen LogP) is 2.40. The van der Waals surface area contributed by atoms with Gasteiger partial charge in [-0.3, -0.25) is 0 Å². The van der Waals surface area contributed by atoms with Crippen LogP contribution in [0.1, 0.15) is 13.3 Å². The molecule has 0 saturated heterocycles. The molecule has 0 fully saturated rings. The highest BCUT2D eigenvalue weighted by Gasteiger charge is 2.07. The van der Waals surface area contributed by atoms with Gasteiger partial charge < -0.3 is 4.74 Å². The summed E-state index contributed by atoms with van der Waals surface area (Å²) in [4.78, 5) is 0.0154. The number of primary sulfonamides is 1. The number of nitrogens with two attached hydrogens (primary N) is 1. The Balaban J connectivity index is 0.00000289. The molecule has 0 bridgehead atoms. The van der Waals surface area contributed by atoms with E-state index >= 15 is 0 Å². The monoisotopic (exact) mass is 295 g/mol. The molecular weight excluding hydrogens is 281 g/mol. The van der Waals surface area contributed by atoms with Crippen molar-refractivity contribution in [3.05, 3.63) is 36.2 Å². The van der Waals surface area contributed by atoms with Crippen LogP contribution in [0.3, 0.4) is 0 Å². The Morgan fingerprint density at radius 1 is 1.39 bits per heavy atom. The molecule has 0 saturated carbocycles. The molecule has 0 aliphatic carbocycles. The van der Waals surface area contributed by atoms with Crippen LogP contribution in [0, 0.1) is 0 Å². The summed E-state index contributed by atoms with van der Waals surface area (Å²) in [5.41, 5.74) is 0.528. The van der Waals surface area contributed by atoms with Gasteiger partial charge in [0.1, 0.15) is 12.4 Å². The second kappa shape index (κ2) is 7.35. The number of benzene rings is 1. The zero-order valence-electron chi connectivity index (χ0n) is 9.80. The Morgan fingerprint density at radius 3 is 2.33 bits per heavy atom. The minimum absolute atomic E-state index is 0. The molecule has 0 aromatic heterocycles. The Hall–Kier alpha value is -1.11. The molecule has 18 heavy (non-hydrogen) atoms. The molecule has 0 unspecified atom stereocenters. The quantitative estimate of drug-likeness (QED) is 0.907. The normalized spacial score (nSPS) is 11.8. The smallest absolute Gasteiger partial charge is 0.238 e. The average molecular weight is 296 g/mol. The van der Waals surface area contributed by atoms with Gasteiger partial charge in [0, 0.05) is 0 Å². The highest BCUT2D eigenvalue weighted by molar-refractivity contribution is 7.89.